The van der Waals surface area contributed by atoms with Crippen molar-refractivity contribution in [2.24, 2.45) is 17.2 Å². The molecule has 1 aliphatic rings. The van der Waals surface area contributed by atoms with E-state index in [1.807, 2.05) is 24.3 Å². The molecule has 0 saturated heterocycles. The molecule has 344 valence electrons. The van der Waals surface area contributed by atoms with Gasteiger partial charge >= 0.3 is 0 Å². The lowest BCUT2D eigenvalue weighted by Gasteiger charge is -2.32. The van der Waals surface area contributed by atoms with Gasteiger partial charge in [-0.1, -0.05) is 57.2 Å². The van der Waals surface area contributed by atoms with Crippen molar-refractivity contribution >= 4 is 29.5 Å². The van der Waals surface area contributed by atoms with E-state index < -0.39 is 53.7 Å². The normalized spacial score (nSPS) is 16.7. The van der Waals surface area contributed by atoms with Gasteiger partial charge in [-0.05, 0) is 84.8 Å². The van der Waals surface area contributed by atoms with Crippen LogP contribution in [0.25, 0.3) is 22.4 Å². The van der Waals surface area contributed by atoms with Crippen molar-refractivity contribution in [3.8, 4) is 40.0 Å². The van der Waals surface area contributed by atoms with E-state index in [-0.39, 0.29) is 63.2 Å². The molecule has 2 heterocycles. The molecule has 5 rings (SSSR count). The molecule has 1 aromatic heterocycles. The summed E-state index contributed by atoms with van der Waals surface area (Å²) in [5.74, 6) is -2.48. The van der Waals surface area contributed by atoms with Crippen LogP contribution in [0.5, 0.6) is 11.5 Å². The second-order valence-corrected chi connectivity index (χ2v) is 16.9. The van der Waals surface area contributed by atoms with Gasteiger partial charge in [0, 0.05) is 49.4 Å². The zero-order chi connectivity index (χ0) is 47.4. The van der Waals surface area contributed by atoms with Gasteiger partial charge in [0.1, 0.15) is 55.4 Å². The molecule has 1 aliphatic heterocycles. The Balaban J connectivity index is 1.55. The maximum Gasteiger partial charge on any atom is 0.253 e. The predicted octanol–water partition coefficient (Wildman–Crippen LogP) is 2.53. The number of benzene rings is 3. The number of nitrogens with one attached hydrogen (secondary N) is 4. The topological polar surface area (TPSA) is 270 Å². The molecule has 5 amide bonds. The number of fused-ring (bicyclic) bond motifs is 5. The van der Waals surface area contributed by atoms with Crippen molar-refractivity contribution in [1.29, 1.82) is 5.26 Å². The average molecular weight is 889 g/mol. The summed E-state index contributed by atoms with van der Waals surface area (Å²) in [6.07, 6.45) is 1.50. The van der Waals surface area contributed by atoms with Gasteiger partial charge in [0.15, 0.2) is 0 Å². The van der Waals surface area contributed by atoms with Gasteiger partial charge in [0.05, 0.1) is 17.3 Å². The van der Waals surface area contributed by atoms with Crippen LogP contribution in [0.4, 0.5) is 0 Å². The lowest BCUT2D eigenvalue weighted by atomic mass is 9.86. The van der Waals surface area contributed by atoms with E-state index in [0.717, 1.165) is 5.56 Å². The lowest BCUT2D eigenvalue weighted by Crippen LogP contribution is -2.56. The van der Waals surface area contributed by atoms with E-state index in [9.17, 15) is 24.0 Å². The second-order valence-electron chi connectivity index (χ2n) is 16.9. The Labute approximate surface area is 379 Å². The summed E-state index contributed by atoms with van der Waals surface area (Å²) in [4.78, 5) is 76.0. The third-order valence-electron chi connectivity index (χ3n) is 11.0. The first-order valence-electron chi connectivity index (χ1n) is 21.5. The highest BCUT2D eigenvalue weighted by Crippen LogP contribution is 2.40. The highest BCUT2D eigenvalue weighted by molar-refractivity contribution is 6.00. The van der Waals surface area contributed by atoms with Gasteiger partial charge in [-0.3, -0.25) is 29.0 Å². The molecule has 0 fully saturated rings. The summed E-state index contributed by atoms with van der Waals surface area (Å²) in [5.41, 5.74) is 23.2. The number of carbonyl (C=O) groups excluding carboxylic acids is 5. The minimum Gasteiger partial charge on any atom is -0.492 e. The van der Waals surface area contributed by atoms with E-state index in [4.69, 9.17) is 31.9 Å². The van der Waals surface area contributed by atoms with E-state index in [1.54, 1.807) is 43.3 Å². The van der Waals surface area contributed by atoms with E-state index in [0.29, 0.717) is 45.0 Å². The molecule has 4 aromatic rings. The van der Waals surface area contributed by atoms with Crippen LogP contribution in [0.15, 0.2) is 72.9 Å². The number of ether oxygens (including phenoxy) is 2. The van der Waals surface area contributed by atoms with Crippen LogP contribution in [0.2, 0.25) is 0 Å². The zero-order valence-corrected chi connectivity index (χ0v) is 37.8. The number of rotatable bonds is 15. The van der Waals surface area contributed by atoms with E-state index in [2.05, 4.69) is 59.2 Å². The number of aryl methyl sites for hydroxylation is 1. The van der Waals surface area contributed by atoms with Crippen LogP contribution >= 0.6 is 0 Å². The first kappa shape index (κ1) is 49.2. The van der Waals surface area contributed by atoms with Crippen molar-refractivity contribution in [3.05, 3.63) is 101 Å². The number of amides is 5. The molecule has 17 nitrogen and oxygen atoms in total. The Kier molecular flexibility index (Phi) is 16.8. The van der Waals surface area contributed by atoms with Gasteiger partial charge in [-0.2, -0.15) is 5.26 Å². The Bertz CT molecular complexity index is 2410. The number of hydrogen-bond donors (Lipinski definition) is 7. The molecule has 4 atom stereocenters. The van der Waals surface area contributed by atoms with Crippen LogP contribution in [0.1, 0.15) is 72.8 Å². The van der Waals surface area contributed by atoms with Crippen molar-refractivity contribution < 1.29 is 33.4 Å². The minimum atomic E-state index is -1.39. The summed E-state index contributed by atoms with van der Waals surface area (Å²) in [7, 11) is 1.42. The van der Waals surface area contributed by atoms with Gasteiger partial charge in [-0.15, -0.1) is 0 Å². The first-order chi connectivity index (χ1) is 31.0. The molecular formula is C48H60N10O7. The van der Waals surface area contributed by atoms with Crippen LogP contribution in [-0.2, 0) is 31.0 Å². The maximum absolute atomic E-state index is 14.7. The number of nitrogens with zero attached hydrogens (tertiary/aromatic N) is 3. The molecule has 4 bridgehead atoms. The number of hydrogen-bond acceptors (Lipinski definition) is 12. The zero-order valence-electron chi connectivity index (χ0n) is 37.8. The highest BCUT2D eigenvalue weighted by atomic mass is 16.5. The summed E-state index contributed by atoms with van der Waals surface area (Å²) in [6.45, 7) is 10.0. The van der Waals surface area contributed by atoms with Crippen molar-refractivity contribution in [1.82, 2.24) is 31.2 Å². The van der Waals surface area contributed by atoms with Gasteiger partial charge in [-0.25, -0.2) is 0 Å². The van der Waals surface area contributed by atoms with Gasteiger partial charge in [0.25, 0.3) is 5.91 Å². The molecule has 0 saturated carbocycles. The van der Waals surface area contributed by atoms with E-state index >= 15 is 0 Å². The summed E-state index contributed by atoms with van der Waals surface area (Å²) >= 11 is 0. The molecule has 0 spiro atoms. The molecule has 0 unspecified atom stereocenters. The Hall–Kier alpha value is -6.87. The Morgan fingerprint density at radius 1 is 0.908 bits per heavy atom. The fourth-order valence-electron chi connectivity index (χ4n) is 7.46. The maximum atomic E-state index is 14.7. The molecule has 0 radical (unpaired) electrons. The molecular weight excluding hydrogens is 829 g/mol. The number of carbonyl (C=O) groups is 5. The fraction of sp³-hybridized carbons (Fsp3) is 0.396. The van der Waals surface area contributed by atoms with Crippen LogP contribution < -0.4 is 47.9 Å². The monoisotopic (exact) mass is 888 g/mol. The molecule has 65 heavy (non-hydrogen) atoms. The predicted molar refractivity (Wildman–Crippen MR) is 246 cm³/mol. The number of aromatic nitrogens is 1. The fourth-order valence-corrected chi connectivity index (χ4v) is 7.46. The van der Waals surface area contributed by atoms with Crippen molar-refractivity contribution in [3.63, 3.8) is 0 Å². The van der Waals surface area contributed by atoms with E-state index in [1.165, 1.54) is 30.6 Å². The first-order valence-corrected chi connectivity index (χ1v) is 21.5. The van der Waals surface area contributed by atoms with Crippen molar-refractivity contribution in [2.75, 3.05) is 46.4 Å². The number of likely N-dealkylation sites (N-methyl/N-ethyl adjacent to an activating group) is 1. The standard InChI is InChI=1S/C48H60N10O7/c1-28-23-38(31-8-11-33(12-9-31)48(3,4)5)54-27-36(28)44(60)56-37(15-16-49)47(63)58(6)42-32-10-14-41(65-22-19-52)35(26-32)34-24-30(7-13-40(34)64-21-18-51)25-39(45(61)53-20-17-50)57-43(59)29(2)55-46(42)62/h7-14,23-24,26-27,29,37,39,42H,15-16,18-22,25,49,51-52H2,1-6H3,(H,53,61)(H,55,62)(H,56,60)(H,57,59)/t29-,37-,39-,42-/m0/s1. The Morgan fingerprint density at radius 2 is 1.55 bits per heavy atom. The molecule has 0 aliphatic carbocycles. The SMILES string of the molecule is Cc1cc(-c2ccc(C(C)(C)C)cc2)ncc1C(=O)N[C@@H](CCN)C(=O)N(C)[C@@H]1C(=O)N[C@@H](C)C(=O)N[C@H](C(=O)NCC#N)Cc2ccc(OCCN)c(c2)-c2cc1ccc2OCCN. The van der Waals surface area contributed by atoms with Gasteiger partial charge < -0.3 is 52.8 Å². The van der Waals surface area contributed by atoms with Crippen LogP contribution in [0.3, 0.4) is 0 Å². The third kappa shape index (κ3) is 12.2. The Morgan fingerprint density at radius 3 is 2.15 bits per heavy atom. The molecule has 10 N–H and O–H groups in total. The highest BCUT2D eigenvalue weighted by Gasteiger charge is 2.36. The average Bonchev–Trinajstić information content (AvgIpc) is 3.28. The molecule has 17 heteroatoms. The number of nitriles is 1. The van der Waals surface area contributed by atoms with Gasteiger partial charge in [0.2, 0.25) is 23.6 Å². The smallest absolute Gasteiger partial charge is 0.253 e. The number of pyridine rings is 1. The molecule has 3 aromatic carbocycles. The minimum absolute atomic E-state index is 0.00577. The number of nitrogens with two attached hydrogens (primary N) is 3. The van der Waals surface area contributed by atoms with Crippen LogP contribution in [0, 0.1) is 18.3 Å². The van der Waals surface area contributed by atoms with Crippen molar-refractivity contribution in [2.45, 2.75) is 77.0 Å². The summed E-state index contributed by atoms with van der Waals surface area (Å²) < 4.78 is 12.2. The summed E-state index contributed by atoms with van der Waals surface area (Å²) in [6, 6.07) is 17.0. The third-order valence-corrected chi connectivity index (χ3v) is 11.0. The van der Waals surface area contributed by atoms with Crippen LogP contribution in [-0.4, -0.2) is 104 Å². The summed E-state index contributed by atoms with van der Waals surface area (Å²) in [5, 5.41) is 19.9. The second kappa shape index (κ2) is 22.2. The quantitative estimate of drug-likeness (QED) is 0.0850. The lowest BCUT2D eigenvalue weighted by molar-refractivity contribution is -0.141. The largest absolute Gasteiger partial charge is 0.492 e.